The maximum absolute atomic E-state index is 11.7. The van der Waals surface area contributed by atoms with Gasteiger partial charge in [-0.05, 0) is 19.1 Å². The van der Waals surface area contributed by atoms with Crippen LogP contribution in [0.1, 0.15) is 13.3 Å². The number of hydrogen-bond donors (Lipinski definition) is 2. The smallest absolute Gasteiger partial charge is 0.426 e. The van der Waals surface area contributed by atoms with Gasteiger partial charge in [0.1, 0.15) is 0 Å². The maximum atomic E-state index is 11.7. The number of carbonyl (C=O) groups is 2. The van der Waals surface area contributed by atoms with E-state index in [9.17, 15) is 14.4 Å². The van der Waals surface area contributed by atoms with Gasteiger partial charge in [-0.3, -0.25) is 14.8 Å². The lowest BCUT2D eigenvalue weighted by Gasteiger charge is -2.07. The number of fused-ring (bicyclic) bond motifs is 1. The summed E-state index contributed by atoms with van der Waals surface area (Å²) in [6.45, 7) is 2.00. The zero-order valence-corrected chi connectivity index (χ0v) is 11.4. The molecular formula is C13H15N3O5. The van der Waals surface area contributed by atoms with E-state index in [4.69, 9.17) is 4.42 Å². The van der Waals surface area contributed by atoms with E-state index in [0.29, 0.717) is 11.1 Å². The Morgan fingerprint density at radius 1 is 1.29 bits per heavy atom. The van der Waals surface area contributed by atoms with E-state index < -0.39 is 17.8 Å². The zero-order valence-electron chi connectivity index (χ0n) is 11.4. The molecule has 0 aliphatic rings. The third-order valence-electron chi connectivity index (χ3n) is 2.72. The molecule has 1 heterocycles. The van der Waals surface area contributed by atoms with Crippen molar-refractivity contribution in [2.75, 3.05) is 6.61 Å². The van der Waals surface area contributed by atoms with Crippen molar-refractivity contribution in [1.29, 1.82) is 0 Å². The largest absolute Gasteiger partial charge is 0.449 e. The van der Waals surface area contributed by atoms with E-state index in [1.54, 1.807) is 31.2 Å². The highest BCUT2D eigenvalue weighted by Crippen LogP contribution is 2.11. The van der Waals surface area contributed by atoms with Crippen LogP contribution in [0.15, 0.2) is 33.5 Å². The van der Waals surface area contributed by atoms with E-state index in [1.807, 2.05) is 0 Å². The van der Waals surface area contributed by atoms with Crippen LogP contribution >= 0.6 is 0 Å². The number of benzene rings is 1. The Morgan fingerprint density at radius 2 is 2.05 bits per heavy atom. The first-order valence-electron chi connectivity index (χ1n) is 6.41. The molecule has 0 atom stereocenters. The molecule has 0 saturated carbocycles. The van der Waals surface area contributed by atoms with Gasteiger partial charge < -0.3 is 9.15 Å². The van der Waals surface area contributed by atoms with E-state index in [2.05, 4.69) is 15.6 Å². The Balaban J connectivity index is 1.93. The summed E-state index contributed by atoms with van der Waals surface area (Å²) in [5.74, 6) is -0.970. The van der Waals surface area contributed by atoms with Crippen molar-refractivity contribution in [3.05, 3.63) is 34.8 Å². The van der Waals surface area contributed by atoms with E-state index >= 15 is 0 Å². The van der Waals surface area contributed by atoms with Crippen LogP contribution in [0.4, 0.5) is 4.79 Å². The maximum Gasteiger partial charge on any atom is 0.426 e. The van der Waals surface area contributed by atoms with Gasteiger partial charge in [-0.2, -0.15) is 0 Å². The summed E-state index contributed by atoms with van der Waals surface area (Å²) in [6.07, 6.45) is -0.729. The number of nitrogens with zero attached hydrogens (tertiary/aromatic N) is 1. The molecule has 112 valence electrons. The molecule has 0 saturated heterocycles. The van der Waals surface area contributed by atoms with E-state index in [1.165, 1.54) is 4.57 Å². The number of rotatable bonds is 4. The van der Waals surface area contributed by atoms with Gasteiger partial charge in [0.05, 0.1) is 12.1 Å². The molecule has 0 aliphatic heterocycles. The van der Waals surface area contributed by atoms with Crippen LogP contribution in [0.5, 0.6) is 0 Å². The molecule has 0 bridgehead atoms. The van der Waals surface area contributed by atoms with Crippen LogP contribution in [-0.4, -0.2) is 23.2 Å². The lowest BCUT2D eigenvalue weighted by Crippen LogP contribution is -2.42. The predicted molar refractivity (Wildman–Crippen MR) is 73.4 cm³/mol. The number of nitrogens with one attached hydrogen (secondary N) is 2. The van der Waals surface area contributed by atoms with E-state index in [0.717, 1.165) is 0 Å². The minimum atomic E-state index is -0.739. The molecule has 8 nitrogen and oxygen atoms in total. The normalized spacial score (nSPS) is 10.3. The highest BCUT2D eigenvalue weighted by atomic mass is 16.6. The summed E-state index contributed by atoms with van der Waals surface area (Å²) in [4.78, 5) is 34.2. The van der Waals surface area contributed by atoms with Crippen LogP contribution in [0.25, 0.3) is 11.1 Å². The van der Waals surface area contributed by atoms with Gasteiger partial charge in [-0.25, -0.2) is 15.0 Å². The Kier molecular flexibility index (Phi) is 4.60. The fourth-order valence-electron chi connectivity index (χ4n) is 1.79. The van der Waals surface area contributed by atoms with Crippen molar-refractivity contribution >= 4 is 23.1 Å². The lowest BCUT2D eigenvalue weighted by atomic mass is 10.3. The van der Waals surface area contributed by atoms with Gasteiger partial charge in [0.25, 0.3) is 0 Å². The molecule has 1 aromatic heterocycles. The molecule has 2 aromatic rings. The van der Waals surface area contributed by atoms with Gasteiger partial charge in [0, 0.05) is 13.0 Å². The van der Waals surface area contributed by atoms with Crippen LogP contribution in [0.2, 0.25) is 0 Å². The molecule has 0 spiro atoms. The molecule has 8 heteroatoms. The molecule has 21 heavy (non-hydrogen) atoms. The number of aromatic nitrogens is 1. The number of aryl methyl sites for hydroxylation is 1. The zero-order chi connectivity index (χ0) is 15.2. The summed E-state index contributed by atoms with van der Waals surface area (Å²) in [7, 11) is 0. The minimum absolute atomic E-state index is 0.00976. The minimum Gasteiger partial charge on any atom is -0.449 e. The van der Waals surface area contributed by atoms with Crippen molar-refractivity contribution < 1.29 is 18.7 Å². The highest BCUT2D eigenvalue weighted by Gasteiger charge is 2.10. The van der Waals surface area contributed by atoms with Crippen molar-refractivity contribution in [2.24, 2.45) is 0 Å². The first kappa shape index (κ1) is 14.6. The number of hydrogen-bond acceptors (Lipinski definition) is 5. The average molecular weight is 293 g/mol. The summed E-state index contributed by atoms with van der Waals surface area (Å²) in [6, 6.07) is 6.94. The first-order valence-corrected chi connectivity index (χ1v) is 6.41. The molecule has 0 aliphatic carbocycles. The first-order chi connectivity index (χ1) is 10.1. The summed E-state index contributed by atoms with van der Waals surface area (Å²) in [5, 5.41) is 0. The van der Waals surface area contributed by atoms with E-state index in [-0.39, 0.29) is 19.6 Å². The second-order valence-electron chi connectivity index (χ2n) is 4.13. The van der Waals surface area contributed by atoms with Gasteiger partial charge in [0.2, 0.25) is 5.91 Å². The SMILES string of the molecule is CCOC(=O)NNC(=O)CCn1c(=O)oc2ccccc21. The molecule has 0 radical (unpaired) electrons. The highest BCUT2D eigenvalue weighted by molar-refractivity contribution is 5.79. The fourth-order valence-corrected chi connectivity index (χ4v) is 1.79. The molecule has 2 rings (SSSR count). The molecule has 0 unspecified atom stereocenters. The lowest BCUT2D eigenvalue weighted by molar-refractivity contribution is -0.122. The number of ether oxygens (including phenoxy) is 1. The number of para-hydroxylation sites is 2. The molecule has 0 fully saturated rings. The third-order valence-corrected chi connectivity index (χ3v) is 2.72. The third kappa shape index (κ3) is 3.62. The quantitative estimate of drug-likeness (QED) is 0.810. The Labute approximate surface area is 119 Å². The van der Waals surface area contributed by atoms with Crippen molar-refractivity contribution in [2.45, 2.75) is 19.9 Å². The van der Waals surface area contributed by atoms with Crippen molar-refractivity contribution in [1.82, 2.24) is 15.4 Å². The average Bonchev–Trinajstić information content (AvgIpc) is 2.79. The summed E-state index contributed by atoms with van der Waals surface area (Å²) >= 11 is 0. The second-order valence-corrected chi connectivity index (χ2v) is 4.13. The molecule has 2 amide bonds. The Hall–Kier alpha value is -2.77. The van der Waals surface area contributed by atoms with Crippen molar-refractivity contribution in [3.63, 3.8) is 0 Å². The predicted octanol–water partition coefficient (Wildman–Crippen LogP) is 0.762. The van der Waals surface area contributed by atoms with Gasteiger partial charge in [-0.1, -0.05) is 12.1 Å². The molecule has 2 N–H and O–H groups in total. The number of amides is 2. The van der Waals surface area contributed by atoms with Gasteiger partial charge in [0.15, 0.2) is 5.58 Å². The molecular weight excluding hydrogens is 278 g/mol. The Bertz CT molecular complexity index is 703. The standard InChI is InChI=1S/C13H15N3O5/c1-2-20-12(18)15-14-11(17)7-8-16-9-5-3-4-6-10(9)21-13(16)19/h3-6H,2,7-8H2,1H3,(H,14,17)(H,15,18). The Morgan fingerprint density at radius 3 is 2.81 bits per heavy atom. The topological polar surface area (TPSA) is 103 Å². The summed E-state index contributed by atoms with van der Waals surface area (Å²) in [5.41, 5.74) is 5.37. The van der Waals surface area contributed by atoms with Crippen LogP contribution < -0.4 is 16.6 Å². The van der Waals surface area contributed by atoms with Gasteiger partial charge in [-0.15, -0.1) is 0 Å². The number of oxazole rings is 1. The second kappa shape index (κ2) is 6.60. The molecule has 1 aromatic carbocycles. The van der Waals surface area contributed by atoms with Crippen LogP contribution in [-0.2, 0) is 16.1 Å². The van der Waals surface area contributed by atoms with Crippen LogP contribution in [0, 0.1) is 0 Å². The van der Waals surface area contributed by atoms with Crippen LogP contribution in [0.3, 0.4) is 0 Å². The monoisotopic (exact) mass is 293 g/mol. The summed E-state index contributed by atoms with van der Waals surface area (Å²) < 4.78 is 11.0. The number of hydrazine groups is 1. The fraction of sp³-hybridized carbons (Fsp3) is 0.308. The van der Waals surface area contributed by atoms with Gasteiger partial charge >= 0.3 is 11.8 Å². The van der Waals surface area contributed by atoms with Crippen molar-refractivity contribution in [3.8, 4) is 0 Å². The number of carbonyl (C=O) groups excluding carboxylic acids is 2.